The highest BCUT2D eigenvalue weighted by Crippen LogP contribution is 2.33. The molecule has 1 aliphatic rings. The summed E-state index contributed by atoms with van der Waals surface area (Å²) in [4.78, 5) is 36.4. The molecule has 144 valence electrons. The van der Waals surface area contributed by atoms with Crippen LogP contribution >= 0.6 is 27.7 Å². The van der Waals surface area contributed by atoms with Crippen molar-refractivity contribution in [1.82, 2.24) is 4.90 Å². The number of ether oxygens (including phenoxy) is 1. The maximum absolute atomic E-state index is 12.2. The summed E-state index contributed by atoms with van der Waals surface area (Å²) >= 11 is 4.38. The van der Waals surface area contributed by atoms with Gasteiger partial charge < -0.3 is 9.84 Å². The highest BCUT2D eigenvalue weighted by atomic mass is 79.9. The molecule has 28 heavy (non-hydrogen) atoms. The Labute approximate surface area is 174 Å². The molecule has 2 aromatic carbocycles. The zero-order valence-corrected chi connectivity index (χ0v) is 17.2. The second-order valence-electron chi connectivity index (χ2n) is 5.91. The van der Waals surface area contributed by atoms with E-state index in [0.717, 1.165) is 22.9 Å². The summed E-state index contributed by atoms with van der Waals surface area (Å²) < 4.78 is 6.48. The summed E-state index contributed by atoms with van der Waals surface area (Å²) in [7, 11) is 0. The summed E-state index contributed by atoms with van der Waals surface area (Å²) in [6.07, 6.45) is 1.68. The van der Waals surface area contributed by atoms with Crippen LogP contribution in [0.3, 0.4) is 0 Å². The van der Waals surface area contributed by atoms with Crippen molar-refractivity contribution in [1.29, 1.82) is 0 Å². The average Bonchev–Trinajstić information content (AvgIpc) is 2.94. The Kier molecular flexibility index (Phi) is 6.21. The molecular formula is C20H16BrNO5S. The number of likely N-dealkylation sites (N-methyl/N-ethyl adjacent to an activating group) is 1. The van der Waals surface area contributed by atoms with Crippen LogP contribution in [0.25, 0.3) is 6.08 Å². The Hall–Kier alpha value is -2.58. The second kappa shape index (κ2) is 8.62. The van der Waals surface area contributed by atoms with E-state index < -0.39 is 5.97 Å². The van der Waals surface area contributed by atoms with E-state index in [9.17, 15) is 14.4 Å². The smallest absolute Gasteiger partial charge is 0.335 e. The van der Waals surface area contributed by atoms with Crippen molar-refractivity contribution < 1.29 is 24.2 Å². The molecule has 0 radical (unpaired) electrons. The number of nitrogens with zero attached hydrogens (tertiary/aromatic N) is 1. The molecule has 0 spiro atoms. The standard InChI is InChI=1S/C20H16BrNO5S/c1-2-22-18(23)17(28-20(22)26)10-13-5-8-16(15(21)9-13)27-11-12-3-6-14(7-4-12)19(24)25/h3-10H,2,11H2,1H3,(H,24,25)/b17-10-. The summed E-state index contributed by atoms with van der Waals surface area (Å²) in [6.45, 7) is 2.40. The van der Waals surface area contributed by atoms with Crippen molar-refractivity contribution in [2.75, 3.05) is 6.54 Å². The molecule has 1 fully saturated rings. The maximum atomic E-state index is 12.2. The SMILES string of the molecule is CCN1C(=O)S/C(=C\c2ccc(OCc3ccc(C(=O)O)cc3)c(Br)c2)C1=O. The molecule has 2 aromatic rings. The van der Waals surface area contributed by atoms with Crippen LogP contribution in [0.1, 0.15) is 28.4 Å². The van der Waals surface area contributed by atoms with Crippen molar-refractivity contribution in [3.8, 4) is 5.75 Å². The van der Waals surface area contributed by atoms with E-state index in [1.807, 2.05) is 6.07 Å². The van der Waals surface area contributed by atoms with Crippen molar-refractivity contribution in [2.45, 2.75) is 13.5 Å². The van der Waals surface area contributed by atoms with Crippen molar-refractivity contribution >= 4 is 50.9 Å². The predicted molar refractivity (Wildman–Crippen MR) is 110 cm³/mol. The molecule has 8 heteroatoms. The zero-order valence-electron chi connectivity index (χ0n) is 14.8. The largest absolute Gasteiger partial charge is 0.488 e. The maximum Gasteiger partial charge on any atom is 0.335 e. The van der Waals surface area contributed by atoms with Gasteiger partial charge in [0, 0.05) is 6.54 Å². The summed E-state index contributed by atoms with van der Waals surface area (Å²) in [5.74, 6) is -0.637. The number of aromatic carboxylic acids is 1. The highest BCUT2D eigenvalue weighted by Gasteiger charge is 2.33. The zero-order chi connectivity index (χ0) is 20.3. The number of carbonyl (C=O) groups excluding carboxylic acids is 2. The number of hydrogen-bond donors (Lipinski definition) is 1. The number of halogens is 1. The minimum atomic E-state index is -0.970. The van der Waals surface area contributed by atoms with E-state index in [1.165, 1.54) is 17.0 Å². The molecular weight excluding hydrogens is 446 g/mol. The van der Waals surface area contributed by atoms with E-state index in [4.69, 9.17) is 9.84 Å². The number of imide groups is 1. The first-order valence-electron chi connectivity index (χ1n) is 8.39. The van der Waals surface area contributed by atoms with Gasteiger partial charge in [-0.3, -0.25) is 14.5 Å². The quantitative estimate of drug-likeness (QED) is 0.622. The van der Waals surface area contributed by atoms with Gasteiger partial charge in [-0.2, -0.15) is 0 Å². The number of carbonyl (C=O) groups is 3. The number of hydrogen-bond acceptors (Lipinski definition) is 5. The molecule has 1 aliphatic heterocycles. The van der Waals surface area contributed by atoms with E-state index in [1.54, 1.807) is 37.3 Å². The van der Waals surface area contributed by atoms with E-state index in [0.29, 0.717) is 21.7 Å². The van der Waals surface area contributed by atoms with Crippen molar-refractivity contribution in [2.24, 2.45) is 0 Å². The van der Waals surface area contributed by atoms with Gasteiger partial charge in [-0.05, 0) is 76.1 Å². The lowest BCUT2D eigenvalue weighted by Crippen LogP contribution is -2.27. The third-order valence-corrected chi connectivity index (χ3v) is 5.57. The number of amides is 2. The fourth-order valence-corrected chi connectivity index (χ4v) is 3.97. The predicted octanol–water partition coefficient (Wildman–Crippen LogP) is 4.78. The fourth-order valence-electron chi connectivity index (χ4n) is 2.55. The Morgan fingerprint density at radius 2 is 1.93 bits per heavy atom. The lowest BCUT2D eigenvalue weighted by atomic mass is 10.1. The molecule has 0 saturated carbocycles. The number of carboxylic acid groups (broad SMARTS) is 1. The van der Waals surface area contributed by atoms with Crippen LogP contribution in [0, 0.1) is 0 Å². The number of rotatable bonds is 6. The Balaban J connectivity index is 1.69. The Bertz CT molecular complexity index is 971. The lowest BCUT2D eigenvalue weighted by Gasteiger charge is -2.09. The normalized spacial score (nSPS) is 15.4. The van der Waals surface area contributed by atoms with Gasteiger partial charge in [0.15, 0.2) is 0 Å². The van der Waals surface area contributed by atoms with Crippen LogP contribution < -0.4 is 4.74 Å². The van der Waals surface area contributed by atoms with Crippen molar-refractivity contribution in [3.05, 3.63) is 68.5 Å². The van der Waals surface area contributed by atoms with Crippen LogP contribution in [-0.2, 0) is 11.4 Å². The third kappa shape index (κ3) is 4.45. The summed E-state index contributed by atoms with van der Waals surface area (Å²) in [5, 5.41) is 8.66. The topological polar surface area (TPSA) is 83.9 Å². The summed E-state index contributed by atoms with van der Waals surface area (Å²) in [5.41, 5.74) is 1.84. The molecule has 1 saturated heterocycles. The Morgan fingerprint density at radius 1 is 1.21 bits per heavy atom. The van der Waals surface area contributed by atoms with Gasteiger partial charge in [0.25, 0.3) is 11.1 Å². The first-order chi connectivity index (χ1) is 13.4. The molecule has 1 N–H and O–H groups in total. The van der Waals surface area contributed by atoms with Crippen molar-refractivity contribution in [3.63, 3.8) is 0 Å². The van der Waals surface area contributed by atoms with E-state index >= 15 is 0 Å². The van der Waals surface area contributed by atoms with E-state index in [2.05, 4.69) is 15.9 Å². The second-order valence-corrected chi connectivity index (χ2v) is 7.75. The summed E-state index contributed by atoms with van der Waals surface area (Å²) in [6, 6.07) is 11.8. The molecule has 1 heterocycles. The van der Waals surface area contributed by atoms with Gasteiger partial charge in [-0.15, -0.1) is 0 Å². The minimum absolute atomic E-state index is 0.224. The number of thioether (sulfide) groups is 1. The molecule has 2 amide bonds. The third-order valence-electron chi connectivity index (χ3n) is 4.04. The van der Waals surface area contributed by atoms with E-state index in [-0.39, 0.29) is 23.3 Å². The van der Waals surface area contributed by atoms with Crippen LogP contribution in [0.4, 0.5) is 4.79 Å². The van der Waals surface area contributed by atoms with Gasteiger partial charge in [-0.1, -0.05) is 18.2 Å². The average molecular weight is 462 g/mol. The monoisotopic (exact) mass is 461 g/mol. The minimum Gasteiger partial charge on any atom is -0.488 e. The fraction of sp³-hybridized carbons (Fsp3) is 0.150. The molecule has 0 bridgehead atoms. The first-order valence-corrected chi connectivity index (χ1v) is 10.00. The lowest BCUT2D eigenvalue weighted by molar-refractivity contribution is -0.122. The molecule has 0 aliphatic carbocycles. The van der Waals surface area contributed by atoms with Gasteiger partial charge in [0.05, 0.1) is 14.9 Å². The van der Waals surface area contributed by atoms with Gasteiger partial charge >= 0.3 is 5.97 Å². The Morgan fingerprint density at radius 3 is 2.50 bits per heavy atom. The molecule has 6 nitrogen and oxygen atoms in total. The molecule has 0 atom stereocenters. The number of benzene rings is 2. The van der Waals surface area contributed by atoms with Crippen LogP contribution in [0.2, 0.25) is 0 Å². The highest BCUT2D eigenvalue weighted by molar-refractivity contribution is 9.10. The van der Waals surface area contributed by atoms with Crippen LogP contribution in [0.15, 0.2) is 51.8 Å². The van der Waals surface area contributed by atoms with Crippen LogP contribution in [-0.4, -0.2) is 33.7 Å². The van der Waals surface area contributed by atoms with Gasteiger partial charge in [-0.25, -0.2) is 4.79 Å². The van der Waals surface area contributed by atoms with Crippen LogP contribution in [0.5, 0.6) is 5.75 Å². The molecule has 0 unspecified atom stereocenters. The van der Waals surface area contributed by atoms with Gasteiger partial charge in [0.2, 0.25) is 0 Å². The molecule has 3 rings (SSSR count). The molecule has 0 aromatic heterocycles. The number of carboxylic acids is 1. The van der Waals surface area contributed by atoms with Gasteiger partial charge in [0.1, 0.15) is 12.4 Å². The first kappa shape index (κ1) is 20.2.